The van der Waals surface area contributed by atoms with Gasteiger partial charge in [0.2, 0.25) is 0 Å². The summed E-state index contributed by atoms with van der Waals surface area (Å²) in [6.45, 7) is 1.62. The SMILES string of the molecule is COc1ccc2cc(-c3cncc(Nc4ccc(C(=O)N5CCCCC5)cc4OC)n3)[nH]c2c1. The molecule has 0 bridgehead atoms. The smallest absolute Gasteiger partial charge is 0.253 e. The molecule has 2 aromatic heterocycles. The number of hydrogen-bond acceptors (Lipinski definition) is 6. The largest absolute Gasteiger partial charge is 0.497 e. The zero-order chi connectivity index (χ0) is 23.5. The molecule has 2 aromatic carbocycles. The second kappa shape index (κ2) is 9.43. The van der Waals surface area contributed by atoms with Crippen molar-refractivity contribution in [3.8, 4) is 22.9 Å². The van der Waals surface area contributed by atoms with E-state index in [0.717, 1.165) is 48.3 Å². The summed E-state index contributed by atoms with van der Waals surface area (Å²) in [5, 5.41) is 4.34. The zero-order valence-corrected chi connectivity index (χ0v) is 19.3. The molecule has 2 N–H and O–H groups in total. The number of methoxy groups -OCH3 is 2. The molecule has 0 saturated carbocycles. The van der Waals surface area contributed by atoms with Gasteiger partial charge in [-0.25, -0.2) is 4.98 Å². The van der Waals surface area contributed by atoms with Crippen LogP contribution in [0.2, 0.25) is 0 Å². The van der Waals surface area contributed by atoms with Crippen LogP contribution in [0.4, 0.5) is 11.5 Å². The van der Waals surface area contributed by atoms with Crippen molar-refractivity contribution in [3.63, 3.8) is 0 Å². The molecule has 34 heavy (non-hydrogen) atoms. The van der Waals surface area contributed by atoms with E-state index in [-0.39, 0.29) is 5.91 Å². The first-order chi connectivity index (χ1) is 16.6. The molecule has 174 valence electrons. The molecule has 0 aliphatic carbocycles. The summed E-state index contributed by atoms with van der Waals surface area (Å²) in [5.74, 6) is 1.98. The minimum absolute atomic E-state index is 0.0433. The number of aromatic amines is 1. The van der Waals surface area contributed by atoms with Gasteiger partial charge < -0.3 is 24.7 Å². The number of aromatic nitrogens is 3. The van der Waals surface area contributed by atoms with E-state index >= 15 is 0 Å². The zero-order valence-electron chi connectivity index (χ0n) is 19.3. The van der Waals surface area contributed by atoms with Crippen LogP contribution in [-0.4, -0.2) is 53.1 Å². The van der Waals surface area contributed by atoms with Crippen LogP contribution < -0.4 is 14.8 Å². The Morgan fingerprint density at radius 3 is 2.65 bits per heavy atom. The molecule has 3 heterocycles. The summed E-state index contributed by atoms with van der Waals surface area (Å²) in [7, 11) is 3.24. The van der Waals surface area contributed by atoms with Gasteiger partial charge in [0.25, 0.3) is 5.91 Å². The van der Waals surface area contributed by atoms with Crippen molar-refractivity contribution in [2.24, 2.45) is 0 Å². The third-order valence-electron chi connectivity index (χ3n) is 6.09. The lowest BCUT2D eigenvalue weighted by Gasteiger charge is -2.27. The van der Waals surface area contributed by atoms with Crippen LogP contribution in [0.3, 0.4) is 0 Å². The number of carbonyl (C=O) groups excluding carboxylic acids is 1. The van der Waals surface area contributed by atoms with Gasteiger partial charge in [-0.05, 0) is 55.7 Å². The molecule has 5 rings (SSSR count). The number of amides is 1. The third-order valence-corrected chi connectivity index (χ3v) is 6.09. The summed E-state index contributed by atoms with van der Waals surface area (Å²) < 4.78 is 10.9. The number of rotatable bonds is 6. The Kier molecular flexibility index (Phi) is 6.03. The topological polar surface area (TPSA) is 92.4 Å². The Morgan fingerprint density at radius 2 is 1.85 bits per heavy atom. The van der Waals surface area contributed by atoms with Crippen LogP contribution in [-0.2, 0) is 0 Å². The van der Waals surface area contributed by atoms with Crippen LogP contribution in [0, 0.1) is 0 Å². The monoisotopic (exact) mass is 457 g/mol. The van der Waals surface area contributed by atoms with Crippen molar-refractivity contribution in [3.05, 3.63) is 60.4 Å². The number of hydrogen-bond donors (Lipinski definition) is 2. The fourth-order valence-corrected chi connectivity index (χ4v) is 4.27. The Bertz CT molecular complexity index is 1330. The molecule has 0 radical (unpaired) electrons. The van der Waals surface area contributed by atoms with Gasteiger partial charge in [0, 0.05) is 35.6 Å². The second-order valence-electron chi connectivity index (χ2n) is 8.32. The summed E-state index contributed by atoms with van der Waals surface area (Å²) >= 11 is 0. The molecule has 1 aliphatic rings. The van der Waals surface area contributed by atoms with Crippen molar-refractivity contribution < 1.29 is 14.3 Å². The van der Waals surface area contributed by atoms with Crippen LogP contribution in [0.15, 0.2) is 54.9 Å². The molecule has 0 unspecified atom stereocenters. The predicted molar refractivity (Wildman–Crippen MR) is 132 cm³/mol. The standard InChI is InChI=1S/C26H27N5O3/c1-33-19-8-6-17-12-22(28-21(17)14-19)23-15-27-16-25(30-23)29-20-9-7-18(13-24(20)34-2)26(32)31-10-4-3-5-11-31/h6-9,12-16,28H,3-5,10-11H2,1-2H3,(H,29,30). The van der Waals surface area contributed by atoms with E-state index in [0.29, 0.717) is 28.5 Å². The van der Waals surface area contributed by atoms with E-state index in [1.54, 1.807) is 32.7 Å². The highest BCUT2D eigenvalue weighted by Crippen LogP contribution is 2.30. The number of fused-ring (bicyclic) bond motifs is 1. The molecular formula is C26H27N5O3. The normalized spacial score (nSPS) is 13.6. The molecule has 1 amide bonds. The summed E-state index contributed by atoms with van der Waals surface area (Å²) in [5.41, 5.74) is 3.86. The number of benzene rings is 2. The molecule has 0 spiro atoms. The summed E-state index contributed by atoms with van der Waals surface area (Å²) in [6.07, 6.45) is 6.66. The molecule has 8 heteroatoms. The number of H-pyrrole nitrogens is 1. The van der Waals surface area contributed by atoms with Crippen molar-refractivity contribution in [2.45, 2.75) is 19.3 Å². The molecular weight excluding hydrogens is 430 g/mol. The number of ether oxygens (including phenoxy) is 2. The Labute approximate surface area is 197 Å². The second-order valence-corrected chi connectivity index (χ2v) is 8.32. The number of anilines is 2. The highest BCUT2D eigenvalue weighted by atomic mass is 16.5. The minimum Gasteiger partial charge on any atom is -0.497 e. The van der Waals surface area contributed by atoms with E-state index in [2.05, 4.69) is 15.3 Å². The maximum atomic E-state index is 12.9. The fraction of sp³-hybridized carbons (Fsp3) is 0.269. The minimum atomic E-state index is 0.0433. The maximum absolute atomic E-state index is 12.9. The van der Waals surface area contributed by atoms with Gasteiger partial charge in [0.05, 0.1) is 38.0 Å². The molecule has 4 aromatic rings. The van der Waals surface area contributed by atoms with Crippen molar-refractivity contribution in [2.75, 3.05) is 32.6 Å². The van der Waals surface area contributed by atoms with Gasteiger partial charge in [-0.2, -0.15) is 0 Å². The molecule has 1 fully saturated rings. The maximum Gasteiger partial charge on any atom is 0.253 e. The number of nitrogens with one attached hydrogen (secondary N) is 2. The van der Waals surface area contributed by atoms with E-state index < -0.39 is 0 Å². The number of likely N-dealkylation sites (tertiary alicyclic amines) is 1. The molecule has 1 saturated heterocycles. The Morgan fingerprint density at radius 1 is 1.00 bits per heavy atom. The number of nitrogens with zero attached hydrogens (tertiary/aromatic N) is 3. The van der Waals surface area contributed by atoms with Gasteiger partial charge in [-0.1, -0.05) is 0 Å². The quantitative estimate of drug-likeness (QED) is 0.423. The highest BCUT2D eigenvalue weighted by Gasteiger charge is 2.19. The van der Waals surface area contributed by atoms with E-state index in [4.69, 9.17) is 14.5 Å². The number of piperidine rings is 1. The van der Waals surface area contributed by atoms with Crippen molar-refractivity contribution in [1.29, 1.82) is 0 Å². The molecule has 0 atom stereocenters. The van der Waals surface area contributed by atoms with Crippen molar-refractivity contribution >= 4 is 28.3 Å². The predicted octanol–water partition coefficient (Wildman–Crippen LogP) is 5.01. The Balaban J connectivity index is 1.38. The highest BCUT2D eigenvalue weighted by molar-refractivity contribution is 5.95. The van der Waals surface area contributed by atoms with E-state index in [9.17, 15) is 4.79 Å². The van der Waals surface area contributed by atoms with Gasteiger partial charge in [-0.3, -0.25) is 9.78 Å². The average Bonchev–Trinajstić information content (AvgIpc) is 3.32. The fourth-order valence-electron chi connectivity index (χ4n) is 4.27. The molecule has 8 nitrogen and oxygen atoms in total. The van der Waals surface area contributed by atoms with Gasteiger partial charge in [0.1, 0.15) is 23.0 Å². The van der Waals surface area contributed by atoms with Crippen molar-refractivity contribution in [1.82, 2.24) is 19.9 Å². The van der Waals surface area contributed by atoms with Gasteiger partial charge >= 0.3 is 0 Å². The average molecular weight is 458 g/mol. The van der Waals surface area contributed by atoms with Crippen LogP contribution in [0.25, 0.3) is 22.3 Å². The third kappa shape index (κ3) is 4.39. The van der Waals surface area contributed by atoms with E-state index in [1.165, 1.54) is 6.42 Å². The first-order valence-electron chi connectivity index (χ1n) is 11.4. The Hall–Kier alpha value is -4.07. The van der Waals surface area contributed by atoms with Gasteiger partial charge in [0.15, 0.2) is 0 Å². The van der Waals surface area contributed by atoms with Crippen LogP contribution in [0.5, 0.6) is 11.5 Å². The van der Waals surface area contributed by atoms with Crippen LogP contribution in [0.1, 0.15) is 29.6 Å². The summed E-state index contributed by atoms with van der Waals surface area (Å²) in [6, 6.07) is 13.4. The number of carbonyl (C=O) groups is 1. The van der Waals surface area contributed by atoms with E-state index in [1.807, 2.05) is 41.3 Å². The lowest BCUT2D eigenvalue weighted by molar-refractivity contribution is 0.0724. The molecule has 1 aliphatic heterocycles. The lowest BCUT2D eigenvalue weighted by Crippen LogP contribution is -2.35. The van der Waals surface area contributed by atoms with Crippen LogP contribution >= 0.6 is 0 Å². The first-order valence-corrected chi connectivity index (χ1v) is 11.4. The van der Waals surface area contributed by atoms with Gasteiger partial charge in [-0.15, -0.1) is 0 Å². The first kappa shape index (κ1) is 21.8. The lowest BCUT2D eigenvalue weighted by atomic mass is 10.1. The summed E-state index contributed by atoms with van der Waals surface area (Å²) in [4.78, 5) is 27.2.